The number of rotatable bonds is 5. The predicted molar refractivity (Wildman–Crippen MR) is 83.1 cm³/mol. The van der Waals surface area contributed by atoms with Crippen LogP contribution in [0, 0.1) is 29.8 Å². The lowest BCUT2D eigenvalue weighted by molar-refractivity contribution is -0.385. The highest BCUT2D eigenvalue weighted by Crippen LogP contribution is 2.27. The maximum atomic E-state index is 13.2. The monoisotopic (exact) mass is 318 g/mol. The Kier molecular flexibility index (Phi) is 4.90. The smallest absolute Gasteiger partial charge is 0.311 e. The second kappa shape index (κ2) is 6.87. The molecule has 120 valence electrons. The summed E-state index contributed by atoms with van der Waals surface area (Å²) in [5, 5.41) is 13.5. The third-order valence-corrected chi connectivity index (χ3v) is 3.22. The van der Waals surface area contributed by atoms with E-state index in [1.165, 1.54) is 0 Å². The molecule has 0 heterocycles. The molecule has 0 bridgehead atoms. The second-order valence-electron chi connectivity index (χ2n) is 4.97. The highest BCUT2D eigenvalue weighted by atomic mass is 19.1. The van der Waals surface area contributed by atoms with Crippen molar-refractivity contribution in [1.82, 2.24) is 0 Å². The Labute approximate surface area is 132 Å². The number of nitro benzene ring substituents is 1. The molecule has 0 aliphatic carbocycles. The lowest BCUT2D eigenvalue weighted by Gasteiger charge is -2.12. The number of anilines is 1. The van der Waals surface area contributed by atoms with Gasteiger partial charge in [-0.3, -0.25) is 14.9 Å². The summed E-state index contributed by atoms with van der Waals surface area (Å²) in [4.78, 5) is 22.1. The van der Waals surface area contributed by atoms with E-state index in [9.17, 15) is 19.3 Å². The molecule has 7 heteroatoms. The maximum absolute atomic E-state index is 13.2. The Hall–Kier alpha value is -2.96. The van der Waals surface area contributed by atoms with Crippen molar-refractivity contribution in [2.24, 2.45) is 0 Å². The van der Waals surface area contributed by atoms with Gasteiger partial charge in [-0.2, -0.15) is 0 Å². The van der Waals surface area contributed by atoms with E-state index >= 15 is 0 Å². The van der Waals surface area contributed by atoms with Crippen LogP contribution in [0.5, 0.6) is 5.75 Å². The Balaban J connectivity index is 2.08. The number of amides is 1. The number of aryl methyl sites for hydroxylation is 2. The largest absolute Gasteiger partial charge is 0.477 e. The molecule has 6 nitrogen and oxygen atoms in total. The van der Waals surface area contributed by atoms with Crippen LogP contribution in [-0.2, 0) is 4.79 Å². The van der Waals surface area contributed by atoms with Crippen LogP contribution >= 0.6 is 0 Å². The van der Waals surface area contributed by atoms with Crippen LogP contribution in [0.2, 0.25) is 0 Å². The van der Waals surface area contributed by atoms with Crippen molar-refractivity contribution < 1.29 is 18.8 Å². The first kappa shape index (κ1) is 16.4. The van der Waals surface area contributed by atoms with E-state index in [0.29, 0.717) is 5.69 Å². The van der Waals surface area contributed by atoms with Gasteiger partial charge in [0.2, 0.25) is 5.75 Å². The summed E-state index contributed by atoms with van der Waals surface area (Å²) < 4.78 is 18.3. The number of nitrogens with zero attached hydrogens (tertiary/aromatic N) is 1. The second-order valence-corrected chi connectivity index (χ2v) is 4.97. The molecule has 1 amide bonds. The van der Waals surface area contributed by atoms with Crippen molar-refractivity contribution in [1.29, 1.82) is 0 Å². The van der Waals surface area contributed by atoms with Crippen LogP contribution in [0.1, 0.15) is 11.1 Å². The van der Waals surface area contributed by atoms with Gasteiger partial charge >= 0.3 is 5.69 Å². The molecule has 0 spiro atoms. The van der Waals surface area contributed by atoms with Crippen LogP contribution in [0.3, 0.4) is 0 Å². The van der Waals surface area contributed by atoms with Crippen LogP contribution < -0.4 is 10.1 Å². The average molecular weight is 318 g/mol. The van der Waals surface area contributed by atoms with Crippen LogP contribution in [0.25, 0.3) is 0 Å². The summed E-state index contributed by atoms with van der Waals surface area (Å²) in [6, 6.07) is 8.40. The van der Waals surface area contributed by atoms with Gasteiger partial charge < -0.3 is 10.1 Å². The van der Waals surface area contributed by atoms with E-state index in [1.807, 2.05) is 32.0 Å². The standard InChI is InChI=1S/C16H15FN2O4/c1-10-4-3-5-11(2)16(10)18-15(20)9-23-14-8-12(17)6-7-13(14)19(21)22/h3-8H,9H2,1-2H3,(H,18,20). The highest BCUT2D eigenvalue weighted by molar-refractivity contribution is 5.93. The maximum Gasteiger partial charge on any atom is 0.311 e. The van der Waals surface area contributed by atoms with E-state index < -0.39 is 28.9 Å². The summed E-state index contributed by atoms with van der Waals surface area (Å²) in [7, 11) is 0. The summed E-state index contributed by atoms with van der Waals surface area (Å²) in [6.45, 7) is 3.24. The van der Waals surface area contributed by atoms with Crippen molar-refractivity contribution in [3.63, 3.8) is 0 Å². The molecule has 0 fully saturated rings. The molecule has 0 atom stereocenters. The third kappa shape index (κ3) is 4.03. The van der Waals surface area contributed by atoms with Gasteiger partial charge in [0.25, 0.3) is 5.91 Å². The lowest BCUT2D eigenvalue weighted by Crippen LogP contribution is -2.21. The molecular weight excluding hydrogens is 303 g/mol. The van der Waals surface area contributed by atoms with Crippen molar-refractivity contribution in [2.45, 2.75) is 13.8 Å². The molecule has 0 saturated carbocycles. The van der Waals surface area contributed by atoms with E-state index in [2.05, 4.69) is 5.32 Å². The molecule has 0 aliphatic rings. The van der Waals surface area contributed by atoms with Crippen molar-refractivity contribution in [2.75, 3.05) is 11.9 Å². The molecule has 2 aromatic rings. The van der Waals surface area contributed by atoms with Crippen molar-refractivity contribution in [3.8, 4) is 5.75 Å². The number of ether oxygens (including phenoxy) is 1. The summed E-state index contributed by atoms with van der Waals surface area (Å²) >= 11 is 0. The SMILES string of the molecule is Cc1cccc(C)c1NC(=O)COc1cc(F)ccc1[N+](=O)[O-]. The number of hydrogen-bond acceptors (Lipinski definition) is 4. The van der Waals surface area contributed by atoms with Crippen LogP contribution in [0.4, 0.5) is 15.8 Å². The summed E-state index contributed by atoms with van der Waals surface area (Å²) in [5.74, 6) is -1.45. The van der Waals surface area contributed by atoms with Crippen molar-refractivity contribution in [3.05, 3.63) is 63.5 Å². The molecule has 0 radical (unpaired) electrons. The number of para-hydroxylation sites is 1. The molecule has 2 aromatic carbocycles. The fourth-order valence-corrected chi connectivity index (χ4v) is 2.08. The number of halogens is 1. The van der Waals surface area contributed by atoms with Crippen LogP contribution in [0.15, 0.2) is 36.4 Å². The van der Waals surface area contributed by atoms with Gasteiger partial charge in [0.1, 0.15) is 5.82 Å². The fraction of sp³-hybridized carbons (Fsp3) is 0.188. The fourth-order valence-electron chi connectivity index (χ4n) is 2.08. The minimum Gasteiger partial charge on any atom is -0.477 e. The van der Waals surface area contributed by atoms with Gasteiger partial charge in [-0.1, -0.05) is 18.2 Å². The molecule has 0 saturated heterocycles. The normalized spacial score (nSPS) is 10.2. The first-order chi connectivity index (χ1) is 10.9. The van der Waals surface area contributed by atoms with Gasteiger partial charge in [-0.05, 0) is 31.0 Å². The molecule has 2 rings (SSSR count). The van der Waals surface area contributed by atoms with Gasteiger partial charge in [0.05, 0.1) is 4.92 Å². The molecule has 23 heavy (non-hydrogen) atoms. The van der Waals surface area contributed by atoms with Crippen molar-refractivity contribution >= 4 is 17.3 Å². The number of hydrogen-bond donors (Lipinski definition) is 1. The van der Waals surface area contributed by atoms with E-state index in [-0.39, 0.29) is 5.75 Å². The zero-order chi connectivity index (χ0) is 17.0. The minimum atomic E-state index is -0.696. The average Bonchev–Trinajstić information content (AvgIpc) is 2.49. The van der Waals surface area contributed by atoms with Gasteiger partial charge in [0, 0.05) is 17.8 Å². The van der Waals surface area contributed by atoms with E-state index in [4.69, 9.17) is 4.74 Å². The number of nitro groups is 1. The summed E-state index contributed by atoms with van der Waals surface area (Å²) in [5.41, 5.74) is 2.03. The van der Waals surface area contributed by atoms with Crippen LogP contribution in [-0.4, -0.2) is 17.4 Å². The van der Waals surface area contributed by atoms with Gasteiger partial charge in [0.15, 0.2) is 6.61 Å². The Morgan fingerprint density at radius 3 is 2.52 bits per heavy atom. The molecule has 1 N–H and O–H groups in total. The quantitative estimate of drug-likeness (QED) is 0.677. The van der Waals surface area contributed by atoms with E-state index in [0.717, 1.165) is 29.3 Å². The zero-order valence-corrected chi connectivity index (χ0v) is 12.6. The minimum absolute atomic E-state index is 0.286. The lowest BCUT2D eigenvalue weighted by atomic mass is 10.1. The number of nitrogens with one attached hydrogen (secondary N) is 1. The molecule has 0 unspecified atom stereocenters. The zero-order valence-electron chi connectivity index (χ0n) is 12.6. The number of carbonyl (C=O) groups is 1. The Morgan fingerprint density at radius 1 is 1.26 bits per heavy atom. The first-order valence-electron chi connectivity index (χ1n) is 6.81. The van der Waals surface area contributed by atoms with Gasteiger partial charge in [-0.25, -0.2) is 4.39 Å². The van der Waals surface area contributed by atoms with Gasteiger partial charge in [-0.15, -0.1) is 0 Å². The molecular formula is C16H15FN2O4. The third-order valence-electron chi connectivity index (χ3n) is 3.22. The first-order valence-corrected chi connectivity index (χ1v) is 6.81. The highest BCUT2D eigenvalue weighted by Gasteiger charge is 2.17. The number of carbonyl (C=O) groups excluding carboxylic acids is 1. The Morgan fingerprint density at radius 2 is 1.91 bits per heavy atom. The topological polar surface area (TPSA) is 81.5 Å². The Bertz CT molecular complexity index is 741. The molecule has 0 aromatic heterocycles. The predicted octanol–water partition coefficient (Wildman–Crippen LogP) is 3.37. The summed E-state index contributed by atoms with van der Waals surface area (Å²) in [6.07, 6.45) is 0. The van der Waals surface area contributed by atoms with E-state index in [1.54, 1.807) is 0 Å². The number of benzene rings is 2. The molecule has 0 aliphatic heterocycles.